The molecule has 0 atom stereocenters. The number of carbonyl (C=O) groups is 1. The molecular weight excluding hydrogens is 480 g/mol. The van der Waals surface area contributed by atoms with Gasteiger partial charge in [-0.05, 0) is 67.6 Å². The standard InChI is InChI=1S/C32H38O6/c1-6-37-31(33)27-21-24(9-12-30(27)38-18-17-36-16-15-35-14-13-34-5)32(4)28-19-22(2)7-10-25(28)26-11-8-23(3)20-29(26)32/h7-12,19-21H,6,13-18H2,1-5H3. The SMILES string of the molecule is CCOC(=O)c1cc(C2(C)c3cc(C)ccc3-c3ccc(C)cc32)ccc1OCCOCCOCCOC. The highest BCUT2D eigenvalue weighted by Gasteiger charge is 2.41. The highest BCUT2D eigenvalue weighted by atomic mass is 16.6. The summed E-state index contributed by atoms with van der Waals surface area (Å²) < 4.78 is 27.4. The Morgan fingerprint density at radius 1 is 0.763 bits per heavy atom. The second-order valence-corrected chi connectivity index (χ2v) is 9.72. The van der Waals surface area contributed by atoms with Gasteiger partial charge in [0.2, 0.25) is 0 Å². The summed E-state index contributed by atoms with van der Waals surface area (Å²) in [6.45, 7) is 11.3. The minimum atomic E-state index is -0.422. The van der Waals surface area contributed by atoms with E-state index >= 15 is 0 Å². The van der Waals surface area contributed by atoms with Gasteiger partial charge in [0.15, 0.2) is 0 Å². The highest BCUT2D eigenvalue weighted by Crippen LogP contribution is 2.53. The number of esters is 1. The van der Waals surface area contributed by atoms with Gasteiger partial charge in [0.25, 0.3) is 0 Å². The van der Waals surface area contributed by atoms with Crippen LogP contribution in [0.25, 0.3) is 11.1 Å². The molecule has 0 aromatic heterocycles. The van der Waals surface area contributed by atoms with Crippen LogP contribution >= 0.6 is 0 Å². The van der Waals surface area contributed by atoms with Gasteiger partial charge in [0.1, 0.15) is 17.9 Å². The number of benzene rings is 3. The number of fused-ring (bicyclic) bond motifs is 3. The molecule has 6 heteroatoms. The lowest BCUT2D eigenvalue weighted by Gasteiger charge is -2.29. The van der Waals surface area contributed by atoms with Gasteiger partial charge in [-0.3, -0.25) is 0 Å². The van der Waals surface area contributed by atoms with Crippen LogP contribution in [0.2, 0.25) is 0 Å². The predicted octanol–water partition coefficient (Wildman–Crippen LogP) is 5.87. The largest absolute Gasteiger partial charge is 0.490 e. The van der Waals surface area contributed by atoms with Crippen molar-refractivity contribution in [2.75, 3.05) is 53.4 Å². The van der Waals surface area contributed by atoms with Crippen molar-refractivity contribution in [3.8, 4) is 16.9 Å². The number of rotatable bonds is 13. The van der Waals surface area contributed by atoms with Gasteiger partial charge in [0.05, 0.1) is 39.6 Å². The number of methoxy groups -OCH3 is 1. The normalized spacial score (nSPS) is 13.2. The summed E-state index contributed by atoms with van der Waals surface area (Å²) in [4.78, 5) is 13.0. The van der Waals surface area contributed by atoms with E-state index in [1.807, 2.05) is 12.1 Å². The first-order chi connectivity index (χ1) is 18.4. The van der Waals surface area contributed by atoms with E-state index < -0.39 is 11.4 Å². The van der Waals surface area contributed by atoms with Crippen LogP contribution in [0.5, 0.6) is 5.75 Å². The Morgan fingerprint density at radius 3 is 1.92 bits per heavy atom. The predicted molar refractivity (Wildman–Crippen MR) is 148 cm³/mol. The monoisotopic (exact) mass is 518 g/mol. The van der Waals surface area contributed by atoms with Gasteiger partial charge in [-0.15, -0.1) is 0 Å². The molecule has 202 valence electrons. The summed E-state index contributed by atoms with van der Waals surface area (Å²) in [6, 6.07) is 19.1. The Bertz CT molecular complexity index is 1210. The molecule has 0 saturated carbocycles. The van der Waals surface area contributed by atoms with Crippen LogP contribution in [-0.2, 0) is 24.4 Å². The fraction of sp³-hybridized carbons (Fsp3) is 0.406. The molecule has 6 nitrogen and oxygen atoms in total. The highest BCUT2D eigenvalue weighted by molar-refractivity contribution is 5.93. The molecule has 0 amide bonds. The quantitative estimate of drug-likeness (QED) is 0.208. The average Bonchev–Trinajstić information content (AvgIpc) is 3.15. The third-order valence-electron chi connectivity index (χ3n) is 7.06. The number of aryl methyl sites for hydroxylation is 2. The smallest absolute Gasteiger partial charge is 0.341 e. The summed E-state index contributed by atoms with van der Waals surface area (Å²) in [5.74, 6) is 0.0926. The molecule has 0 aliphatic heterocycles. The molecule has 3 aromatic carbocycles. The van der Waals surface area contributed by atoms with Gasteiger partial charge < -0.3 is 23.7 Å². The number of ether oxygens (including phenoxy) is 5. The van der Waals surface area contributed by atoms with Gasteiger partial charge in [-0.2, -0.15) is 0 Å². The molecule has 1 aliphatic rings. The molecule has 0 bridgehead atoms. The van der Waals surface area contributed by atoms with Crippen molar-refractivity contribution < 1.29 is 28.5 Å². The van der Waals surface area contributed by atoms with Crippen LogP contribution in [0.15, 0.2) is 54.6 Å². The van der Waals surface area contributed by atoms with Crippen LogP contribution in [0, 0.1) is 13.8 Å². The maximum atomic E-state index is 13.0. The van der Waals surface area contributed by atoms with Crippen molar-refractivity contribution in [2.24, 2.45) is 0 Å². The topological polar surface area (TPSA) is 63.2 Å². The Balaban J connectivity index is 1.60. The van der Waals surface area contributed by atoms with Crippen LogP contribution in [-0.4, -0.2) is 59.3 Å². The lowest BCUT2D eigenvalue weighted by molar-refractivity contribution is 0.0178. The van der Waals surface area contributed by atoms with Crippen molar-refractivity contribution in [1.82, 2.24) is 0 Å². The van der Waals surface area contributed by atoms with Crippen molar-refractivity contribution in [3.63, 3.8) is 0 Å². The third kappa shape index (κ3) is 5.78. The Hall–Kier alpha value is -3.19. The maximum absolute atomic E-state index is 13.0. The van der Waals surface area contributed by atoms with Crippen molar-refractivity contribution in [1.29, 1.82) is 0 Å². The lowest BCUT2D eigenvalue weighted by Crippen LogP contribution is -2.24. The van der Waals surface area contributed by atoms with Gasteiger partial charge in [0, 0.05) is 12.5 Å². The van der Waals surface area contributed by atoms with Crippen LogP contribution < -0.4 is 4.74 Å². The zero-order valence-electron chi connectivity index (χ0n) is 23.1. The number of carbonyl (C=O) groups excluding carboxylic acids is 1. The Kier molecular flexibility index (Phi) is 9.21. The molecule has 3 aromatic rings. The molecule has 38 heavy (non-hydrogen) atoms. The van der Waals surface area contributed by atoms with E-state index in [9.17, 15) is 4.79 Å². The maximum Gasteiger partial charge on any atom is 0.341 e. The summed E-state index contributed by atoms with van der Waals surface area (Å²) >= 11 is 0. The summed E-state index contributed by atoms with van der Waals surface area (Å²) in [6.07, 6.45) is 0. The van der Waals surface area contributed by atoms with Gasteiger partial charge >= 0.3 is 5.97 Å². The third-order valence-corrected chi connectivity index (χ3v) is 7.06. The fourth-order valence-electron chi connectivity index (χ4n) is 5.08. The molecule has 0 heterocycles. The molecule has 1 aliphatic carbocycles. The van der Waals surface area contributed by atoms with Crippen LogP contribution in [0.4, 0.5) is 0 Å². The first-order valence-corrected chi connectivity index (χ1v) is 13.2. The second-order valence-electron chi connectivity index (χ2n) is 9.72. The summed E-state index contributed by atoms with van der Waals surface area (Å²) in [7, 11) is 1.64. The Labute approximate surface area is 225 Å². The second kappa shape index (κ2) is 12.6. The van der Waals surface area contributed by atoms with E-state index in [1.54, 1.807) is 14.0 Å². The van der Waals surface area contributed by atoms with E-state index in [1.165, 1.54) is 33.4 Å². The molecule has 4 rings (SSSR count). The van der Waals surface area contributed by atoms with Crippen molar-refractivity contribution in [3.05, 3.63) is 88.0 Å². The lowest BCUT2D eigenvalue weighted by atomic mass is 9.73. The van der Waals surface area contributed by atoms with E-state index in [2.05, 4.69) is 63.2 Å². The zero-order valence-corrected chi connectivity index (χ0v) is 23.1. The van der Waals surface area contributed by atoms with E-state index in [0.29, 0.717) is 51.0 Å². The average molecular weight is 519 g/mol. The van der Waals surface area contributed by atoms with E-state index in [4.69, 9.17) is 23.7 Å². The number of hydrogen-bond acceptors (Lipinski definition) is 6. The molecule has 0 radical (unpaired) electrons. The van der Waals surface area contributed by atoms with Crippen LogP contribution in [0.3, 0.4) is 0 Å². The molecule has 0 fully saturated rings. The minimum Gasteiger partial charge on any atom is -0.490 e. The first kappa shape index (κ1) is 27.8. The summed E-state index contributed by atoms with van der Waals surface area (Å²) in [5, 5.41) is 0. The molecule has 0 N–H and O–H groups in total. The first-order valence-electron chi connectivity index (χ1n) is 13.2. The molecule has 0 unspecified atom stereocenters. The van der Waals surface area contributed by atoms with Gasteiger partial charge in [-0.25, -0.2) is 4.79 Å². The van der Waals surface area contributed by atoms with E-state index in [0.717, 1.165) is 5.56 Å². The zero-order chi connectivity index (χ0) is 27.1. The van der Waals surface area contributed by atoms with E-state index in [-0.39, 0.29) is 6.61 Å². The van der Waals surface area contributed by atoms with Crippen LogP contribution in [0.1, 0.15) is 52.0 Å². The Morgan fingerprint density at radius 2 is 1.34 bits per heavy atom. The fourth-order valence-corrected chi connectivity index (χ4v) is 5.08. The van der Waals surface area contributed by atoms with Crippen molar-refractivity contribution >= 4 is 5.97 Å². The number of hydrogen-bond donors (Lipinski definition) is 0. The van der Waals surface area contributed by atoms with Gasteiger partial charge in [-0.1, -0.05) is 53.6 Å². The summed E-state index contributed by atoms with van der Waals surface area (Å²) in [5.41, 5.74) is 8.36. The molecular formula is C32H38O6. The molecule has 0 spiro atoms. The minimum absolute atomic E-state index is 0.288. The molecule has 0 saturated heterocycles. The van der Waals surface area contributed by atoms with Crippen molar-refractivity contribution in [2.45, 2.75) is 33.1 Å².